The van der Waals surface area contributed by atoms with Gasteiger partial charge in [-0.3, -0.25) is 0 Å². The summed E-state index contributed by atoms with van der Waals surface area (Å²) in [6.45, 7) is 1.27. The second-order valence-corrected chi connectivity index (χ2v) is 4.31. The Hall–Kier alpha value is -1.24. The molecule has 0 bridgehead atoms. The molecular weight excluding hydrogens is 267 g/mol. The summed E-state index contributed by atoms with van der Waals surface area (Å²) in [6.07, 6.45) is 2.37. The van der Waals surface area contributed by atoms with Crippen molar-refractivity contribution in [1.29, 1.82) is 0 Å². The van der Waals surface area contributed by atoms with Crippen molar-refractivity contribution >= 4 is 11.6 Å². The van der Waals surface area contributed by atoms with Crippen LogP contribution in [0.25, 0.3) is 0 Å². The number of hydrogen-bond acceptors (Lipinski definition) is 2. The SMILES string of the molecule is COCCCCOc1ccc(C#CCCCl)c(F)c1. The summed E-state index contributed by atoms with van der Waals surface area (Å²) < 4.78 is 24.1. The third-order valence-electron chi connectivity index (χ3n) is 2.39. The molecule has 4 heteroatoms. The maximum Gasteiger partial charge on any atom is 0.142 e. The Balaban J connectivity index is 2.46. The molecule has 0 radical (unpaired) electrons. The van der Waals surface area contributed by atoms with Crippen molar-refractivity contribution in [2.75, 3.05) is 26.2 Å². The zero-order chi connectivity index (χ0) is 13.9. The van der Waals surface area contributed by atoms with E-state index in [4.69, 9.17) is 21.1 Å². The van der Waals surface area contributed by atoms with E-state index in [-0.39, 0.29) is 5.82 Å². The number of halogens is 2. The Morgan fingerprint density at radius 2 is 2.05 bits per heavy atom. The van der Waals surface area contributed by atoms with E-state index in [1.807, 2.05) is 0 Å². The molecule has 0 aliphatic rings. The minimum absolute atomic E-state index is 0.364. The number of hydrogen-bond donors (Lipinski definition) is 0. The Bertz CT molecular complexity index is 438. The van der Waals surface area contributed by atoms with Gasteiger partial charge in [0.05, 0.1) is 12.2 Å². The largest absolute Gasteiger partial charge is 0.493 e. The molecule has 0 saturated carbocycles. The van der Waals surface area contributed by atoms with Gasteiger partial charge in [-0.1, -0.05) is 11.8 Å². The smallest absolute Gasteiger partial charge is 0.142 e. The van der Waals surface area contributed by atoms with Gasteiger partial charge >= 0.3 is 0 Å². The van der Waals surface area contributed by atoms with Crippen LogP contribution in [0, 0.1) is 17.7 Å². The maximum absolute atomic E-state index is 13.7. The van der Waals surface area contributed by atoms with Gasteiger partial charge in [-0.2, -0.15) is 0 Å². The molecule has 0 fully saturated rings. The first-order chi connectivity index (χ1) is 9.27. The van der Waals surface area contributed by atoms with Crippen LogP contribution in [-0.4, -0.2) is 26.2 Å². The second kappa shape index (κ2) is 9.66. The summed E-state index contributed by atoms with van der Waals surface area (Å²) >= 11 is 5.50. The van der Waals surface area contributed by atoms with Crippen molar-refractivity contribution in [3.63, 3.8) is 0 Å². The summed E-state index contributed by atoms with van der Waals surface area (Å²) in [4.78, 5) is 0. The zero-order valence-corrected chi connectivity index (χ0v) is 11.8. The predicted molar refractivity (Wildman–Crippen MR) is 75.2 cm³/mol. The molecule has 0 spiro atoms. The van der Waals surface area contributed by atoms with Gasteiger partial charge in [0.15, 0.2) is 0 Å². The number of ether oxygens (including phenoxy) is 2. The highest BCUT2D eigenvalue weighted by Gasteiger charge is 2.02. The molecule has 1 rings (SSSR count). The minimum Gasteiger partial charge on any atom is -0.493 e. The summed E-state index contributed by atoms with van der Waals surface area (Å²) in [5, 5.41) is 0. The van der Waals surface area contributed by atoms with Crippen LogP contribution in [0.4, 0.5) is 4.39 Å². The van der Waals surface area contributed by atoms with Crippen LogP contribution in [0.15, 0.2) is 18.2 Å². The lowest BCUT2D eigenvalue weighted by Crippen LogP contribution is -2.00. The molecule has 0 aliphatic carbocycles. The van der Waals surface area contributed by atoms with Gasteiger partial charge in [0.25, 0.3) is 0 Å². The van der Waals surface area contributed by atoms with Gasteiger partial charge in [-0.15, -0.1) is 11.6 Å². The first-order valence-electron chi connectivity index (χ1n) is 6.24. The molecule has 104 valence electrons. The van der Waals surface area contributed by atoms with Gasteiger partial charge in [0.2, 0.25) is 0 Å². The van der Waals surface area contributed by atoms with Crippen molar-refractivity contribution in [2.24, 2.45) is 0 Å². The van der Waals surface area contributed by atoms with E-state index in [0.29, 0.717) is 36.8 Å². The van der Waals surface area contributed by atoms with Crippen LogP contribution in [0.5, 0.6) is 5.75 Å². The number of unbranched alkanes of at least 4 members (excludes halogenated alkanes) is 1. The van der Waals surface area contributed by atoms with Crippen molar-refractivity contribution in [3.05, 3.63) is 29.6 Å². The van der Waals surface area contributed by atoms with Gasteiger partial charge in [-0.25, -0.2) is 4.39 Å². The molecule has 0 amide bonds. The van der Waals surface area contributed by atoms with Gasteiger partial charge in [0, 0.05) is 32.1 Å². The average Bonchev–Trinajstić information content (AvgIpc) is 2.41. The molecule has 0 saturated heterocycles. The highest BCUT2D eigenvalue weighted by Crippen LogP contribution is 2.16. The molecule has 0 heterocycles. The highest BCUT2D eigenvalue weighted by molar-refractivity contribution is 6.18. The van der Waals surface area contributed by atoms with E-state index < -0.39 is 0 Å². The standard InChI is InChI=1S/C15H18ClFO2/c1-18-10-4-5-11-19-14-8-7-13(15(17)12-14)6-2-3-9-16/h7-8,12H,3-5,9-11H2,1H3. The van der Waals surface area contributed by atoms with Crippen LogP contribution < -0.4 is 4.74 Å². The summed E-state index contributed by atoms with van der Waals surface area (Å²) in [5.74, 6) is 6.16. The normalized spacial score (nSPS) is 9.84. The van der Waals surface area contributed by atoms with Crippen LogP contribution in [-0.2, 0) is 4.74 Å². The van der Waals surface area contributed by atoms with Crippen molar-refractivity contribution in [1.82, 2.24) is 0 Å². The van der Waals surface area contributed by atoms with Crippen LogP contribution in [0.3, 0.4) is 0 Å². The van der Waals surface area contributed by atoms with Gasteiger partial charge in [0.1, 0.15) is 11.6 Å². The molecule has 2 nitrogen and oxygen atoms in total. The Morgan fingerprint density at radius 1 is 1.26 bits per heavy atom. The fourth-order valence-corrected chi connectivity index (χ4v) is 1.52. The van der Waals surface area contributed by atoms with Gasteiger partial charge < -0.3 is 9.47 Å². The molecule has 0 unspecified atom stereocenters. The average molecular weight is 285 g/mol. The monoisotopic (exact) mass is 284 g/mol. The summed E-state index contributed by atoms with van der Waals surface area (Å²) in [7, 11) is 1.67. The lowest BCUT2D eigenvalue weighted by Gasteiger charge is -2.06. The van der Waals surface area contributed by atoms with E-state index in [1.54, 1.807) is 19.2 Å². The van der Waals surface area contributed by atoms with Gasteiger partial charge in [-0.05, 0) is 25.0 Å². The van der Waals surface area contributed by atoms with E-state index in [0.717, 1.165) is 12.8 Å². The molecule has 1 aromatic carbocycles. The summed E-state index contributed by atoms with van der Waals surface area (Å²) in [6, 6.07) is 4.71. The lowest BCUT2D eigenvalue weighted by molar-refractivity contribution is 0.184. The molecule has 1 aromatic rings. The van der Waals surface area contributed by atoms with E-state index >= 15 is 0 Å². The Labute approximate surface area is 118 Å². The quantitative estimate of drug-likeness (QED) is 0.433. The maximum atomic E-state index is 13.7. The molecule has 19 heavy (non-hydrogen) atoms. The summed E-state index contributed by atoms with van der Waals surface area (Å²) in [5.41, 5.74) is 0.372. The molecule has 0 aliphatic heterocycles. The van der Waals surface area contributed by atoms with E-state index in [2.05, 4.69) is 11.8 Å². The fraction of sp³-hybridized carbons (Fsp3) is 0.467. The highest BCUT2D eigenvalue weighted by atomic mass is 35.5. The zero-order valence-electron chi connectivity index (χ0n) is 11.0. The molecular formula is C15H18ClFO2. The molecule has 0 N–H and O–H groups in total. The third kappa shape index (κ3) is 6.47. The van der Waals surface area contributed by atoms with Crippen molar-refractivity contribution < 1.29 is 13.9 Å². The molecule has 0 aromatic heterocycles. The Kier molecular flexibility index (Phi) is 8.04. The first-order valence-corrected chi connectivity index (χ1v) is 6.77. The topological polar surface area (TPSA) is 18.5 Å². The second-order valence-electron chi connectivity index (χ2n) is 3.93. The number of methoxy groups -OCH3 is 1. The Morgan fingerprint density at radius 3 is 2.74 bits per heavy atom. The van der Waals surface area contributed by atoms with E-state index in [1.165, 1.54) is 6.07 Å². The van der Waals surface area contributed by atoms with Crippen LogP contribution >= 0.6 is 11.6 Å². The van der Waals surface area contributed by atoms with Crippen LogP contribution in [0.1, 0.15) is 24.8 Å². The van der Waals surface area contributed by atoms with Crippen molar-refractivity contribution in [3.8, 4) is 17.6 Å². The fourth-order valence-electron chi connectivity index (χ4n) is 1.43. The number of rotatable bonds is 7. The van der Waals surface area contributed by atoms with E-state index in [9.17, 15) is 4.39 Å². The minimum atomic E-state index is -0.364. The first kappa shape index (κ1) is 15.8. The predicted octanol–water partition coefficient (Wildman–Crippen LogP) is 3.61. The van der Waals surface area contributed by atoms with Crippen molar-refractivity contribution in [2.45, 2.75) is 19.3 Å². The number of alkyl halides is 1. The third-order valence-corrected chi connectivity index (χ3v) is 2.58. The van der Waals surface area contributed by atoms with Crippen LogP contribution in [0.2, 0.25) is 0 Å². The molecule has 0 atom stereocenters. The lowest BCUT2D eigenvalue weighted by atomic mass is 10.2. The number of benzene rings is 1.